The van der Waals surface area contributed by atoms with Gasteiger partial charge in [0.25, 0.3) is 5.91 Å². The highest BCUT2D eigenvalue weighted by molar-refractivity contribution is 7.90. The van der Waals surface area contributed by atoms with E-state index in [1.165, 1.54) is 36.4 Å². The number of halogens is 3. The SMILES string of the molecule is CS(=O)(=O)c1ccc(-c2sc(C(=O)Nc3cc(F)cc(F)c3)nc2-c2ccc(F)cc2)cc1. The molecule has 4 rings (SSSR count). The maximum atomic E-state index is 13.5. The second-order valence-corrected chi connectivity index (χ2v) is 10.1. The number of carbonyl (C=O) groups excluding carboxylic acids is 1. The first-order valence-electron chi connectivity index (χ1n) is 9.45. The minimum atomic E-state index is -3.40. The number of aromatic nitrogens is 1. The number of rotatable bonds is 5. The molecular formula is C23H15F3N2O3S2. The number of thiazole rings is 1. The molecule has 3 aromatic carbocycles. The van der Waals surface area contributed by atoms with Crippen molar-refractivity contribution in [2.24, 2.45) is 0 Å². The van der Waals surface area contributed by atoms with Crippen LogP contribution in [0.3, 0.4) is 0 Å². The van der Waals surface area contributed by atoms with Crippen molar-refractivity contribution in [1.82, 2.24) is 4.98 Å². The molecule has 1 amide bonds. The lowest BCUT2D eigenvalue weighted by Crippen LogP contribution is -2.11. The Balaban J connectivity index is 1.76. The Morgan fingerprint density at radius 3 is 2.00 bits per heavy atom. The number of amides is 1. The molecule has 0 bridgehead atoms. The zero-order valence-electron chi connectivity index (χ0n) is 17.0. The van der Waals surface area contributed by atoms with Crippen LogP contribution in [-0.4, -0.2) is 25.6 Å². The molecule has 10 heteroatoms. The van der Waals surface area contributed by atoms with Gasteiger partial charge < -0.3 is 5.32 Å². The number of hydrogen-bond donors (Lipinski definition) is 1. The number of carbonyl (C=O) groups is 1. The topological polar surface area (TPSA) is 76.1 Å². The van der Waals surface area contributed by atoms with Gasteiger partial charge in [0.2, 0.25) is 0 Å². The Kier molecular flexibility index (Phi) is 6.05. The summed E-state index contributed by atoms with van der Waals surface area (Å²) in [7, 11) is -3.40. The third-order valence-corrected chi connectivity index (χ3v) is 6.84. The summed E-state index contributed by atoms with van der Waals surface area (Å²) in [6.45, 7) is 0. The molecule has 0 aliphatic rings. The van der Waals surface area contributed by atoms with Crippen molar-refractivity contribution in [3.05, 3.63) is 89.2 Å². The van der Waals surface area contributed by atoms with Crippen molar-refractivity contribution >= 4 is 32.8 Å². The Morgan fingerprint density at radius 2 is 1.42 bits per heavy atom. The lowest BCUT2D eigenvalue weighted by atomic mass is 10.1. The summed E-state index contributed by atoms with van der Waals surface area (Å²) in [5, 5.41) is 2.41. The zero-order valence-corrected chi connectivity index (χ0v) is 18.6. The average molecular weight is 489 g/mol. The number of anilines is 1. The van der Waals surface area contributed by atoms with E-state index < -0.39 is 33.2 Å². The van der Waals surface area contributed by atoms with Crippen molar-refractivity contribution in [1.29, 1.82) is 0 Å². The Morgan fingerprint density at radius 1 is 0.848 bits per heavy atom. The van der Waals surface area contributed by atoms with E-state index in [0.717, 1.165) is 29.7 Å². The molecule has 0 radical (unpaired) electrons. The van der Waals surface area contributed by atoms with Crippen molar-refractivity contribution in [2.45, 2.75) is 4.90 Å². The summed E-state index contributed by atoms with van der Waals surface area (Å²) < 4.78 is 63.9. The summed E-state index contributed by atoms with van der Waals surface area (Å²) in [6.07, 6.45) is 1.09. The molecule has 1 heterocycles. The number of benzene rings is 3. The fraction of sp³-hybridized carbons (Fsp3) is 0.0435. The molecule has 0 aliphatic heterocycles. The van der Waals surface area contributed by atoms with E-state index in [2.05, 4.69) is 10.3 Å². The third-order valence-electron chi connectivity index (χ3n) is 4.60. The van der Waals surface area contributed by atoms with Gasteiger partial charge in [0, 0.05) is 23.6 Å². The highest BCUT2D eigenvalue weighted by Gasteiger charge is 2.20. The van der Waals surface area contributed by atoms with Crippen LogP contribution < -0.4 is 5.32 Å². The Labute approximate surface area is 191 Å². The van der Waals surface area contributed by atoms with E-state index in [-0.39, 0.29) is 15.6 Å². The second-order valence-electron chi connectivity index (χ2n) is 7.11. The summed E-state index contributed by atoms with van der Waals surface area (Å²) in [6, 6.07) is 14.2. The quantitative estimate of drug-likeness (QED) is 0.400. The van der Waals surface area contributed by atoms with Gasteiger partial charge in [0.1, 0.15) is 17.5 Å². The van der Waals surface area contributed by atoms with Crippen LogP contribution >= 0.6 is 11.3 Å². The smallest absolute Gasteiger partial charge is 0.284 e. The molecule has 0 aliphatic carbocycles. The average Bonchev–Trinajstić information content (AvgIpc) is 3.19. The highest BCUT2D eigenvalue weighted by Crippen LogP contribution is 2.37. The lowest BCUT2D eigenvalue weighted by Gasteiger charge is -2.04. The van der Waals surface area contributed by atoms with Crippen molar-refractivity contribution in [3.8, 4) is 21.7 Å². The van der Waals surface area contributed by atoms with Crippen LogP contribution in [-0.2, 0) is 9.84 Å². The molecule has 0 atom stereocenters. The van der Waals surface area contributed by atoms with Gasteiger partial charge in [0.15, 0.2) is 14.8 Å². The van der Waals surface area contributed by atoms with Crippen LogP contribution in [0.1, 0.15) is 9.80 Å². The molecule has 0 unspecified atom stereocenters. The second kappa shape index (κ2) is 8.80. The number of nitrogens with zero attached hydrogens (tertiary/aromatic N) is 1. The molecular weight excluding hydrogens is 473 g/mol. The molecule has 5 nitrogen and oxygen atoms in total. The van der Waals surface area contributed by atoms with Crippen LogP contribution in [0, 0.1) is 17.5 Å². The lowest BCUT2D eigenvalue weighted by molar-refractivity contribution is 0.102. The normalized spacial score (nSPS) is 11.4. The van der Waals surface area contributed by atoms with Gasteiger partial charge in [-0.25, -0.2) is 26.6 Å². The van der Waals surface area contributed by atoms with Gasteiger partial charge >= 0.3 is 0 Å². The van der Waals surface area contributed by atoms with Crippen molar-refractivity contribution in [2.75, 3.05) is 11.6 Å². The molecule has 1 N–H and O–H groups in total. The van der Waals surface area contributed by atoms with Gasteiger partial charge in [-0.3, -0.25) is 4.79 Å². The van der Waals surface area contributed by atoms with Gasteiger partial charge in [-0.2, -0.15) is 0 Å². The fourth-order valence-corrected chi connectivity index (χ4v) is 4.70. The van der Waals surface area contributed by atoms with E-state index in [1.54, 1.807) is 12.1 Å². The minimum absolute atomic E-state index is 0.00110. The number of nitrogens with one attached hydrogen (secondary N) is 1. The van der Waals surface area contributed by atoms with Gasteiger partial charge in [-0.15, -0.1) is 11.3 Å². The van der Waals surface area contributed by atoms with Crippen LogP contribution in [0.5, 0.6) is 0 Å². The third kappa shape index (κ3) is 5.12. The Bertz CT molecular complexity index is 1430. The summed E-state index contributed by atoms with van der Waals surface area (Å²) >= 11 is 1.01. The van der Waals surface area contributed by atoms with E-state index in [0.29, 0.717) is 27.8 Å². The largest absolute Gasteiger partial charge is 0.320 e. The molecule has 1 aromatic heterocycles. The predicted octanol–water partition coefficient (Wildman–Crippen LogP) is 5.55. The summed E-state index contributed by atoms with van der Waals surface area (Å²) in [4.78, 5) is 17.8. The minimum Gasteiger partial charge on any atom is -0.320 e. The van der Waals surface area contributed by atoms with E-state index in [1.807, 2.05) is 0 Å². The van der Waals surface area contributed by atoms with Crippen molar-refractivity contribution in [3.63, 3.8) is 0 Å². The van der Waals surface area contributed by atoms with E-state index >= 15 is 0 Å². The molecule has 0 saturated carbocycles. The number of hydrogen-bond acceptors (Lipinski definition) is 5. The first-order valence-corrected chi connectivity index (χ1v) is 12.2. The van der Waals surface area contributed by atoms with E-state index in [4.69, 9.17) is 0 Å². The molecule has 33 heavy (non-hydrogen) atoms. The summed E-state index contributed by atoms with van der Waals surface area (Å²) in [5.74, 6) is -2.82. The van der Waals surface area contributed by atoms with Gasteiger partial charge in [-0.05, 0) is 54.1 Å². The van der Waals surface area contributed by atoms with E-state index in [9.17, 15) is 26.4 Å². The monoisotopic (exact) mass is 488 g/mol. The van der Waals surface area contributed by atoms with Crippen LogP contribution in [0.25, 0.3) is 21.7 Å². The Hall–Kier alpha value is -3.50. The fourth-order valence-electron chi connectivity index (χ4n) is 3.08. The zero-order chi connectivity index (χ0) is 23.8. The molecule has 0 spiro atoms. The molecule has 0 saturated heterocycles. The maximum Gasteiger partial charge on any atom is 0.284 e. The first-order chi connectivity index (χ1) is 15.6. The summed E-state index contributed by atoms with van der Waals surface area (Å²) in [5.41, 5.74) is 1.43. The first kappa shape index (κ1) is 22.7. The standard InChI is InChI=1S/C23H15F3N2O3S2/c1-33(30,31)19-8-4-14(5-9-19)21-20(13-2-6-15(24)7-3-13)28-23(32-21)22(29)27-18-11-16(25)10-17(26)12-18/h2-12H,1H3,(H,27,29). The van der Waals surface area contributed by atoms with Crippen LogP contribution in [0.4, 0.5) is 18.9 Å². The predicted molar refractivity (Wildman–Crippen MR) is 120 cm³/mol. The number of sulfone groups is 1. The van der Waals surface area contributed by atoms with Crippen LogP contribution in [0.15, 0.2) is 71.6 Å². The van der Waals surface area contributed by atoms with Crippen molar-refractivity contribution < 1.29 is 26.4 Å². The highest BCUT2D eigenvalue weighted by atomic mass is 32.2. The van der Waals surface area contributed by atoms with Crippen LogP contribution in [0.2, 0.25) is 0 Å². The molecule has 168 valence electrons. The molecule has 4 aromatic rings. The van der Waals surface area contributed by atoms with Gasteiger partial charge in [-0.1, -0.05) is 12.1 Å². The van der Waals surface area contributed by atoms with Gasteiger partial charge in [0.05, 0.1) is 15.5 Å². The molecule has 0 fully saturated rings. The maximum absolute atomic E-state index is 13.5.